The SMILES string of the molecule is CCCCCCCCCCCCCCNC(=O)[C@@H]1CSC(c2ccccc2)N1. The predicted octanol–water partition coefficient (Wildman–Crippen LogP) is 6.21. The van der Waals surface area contributed by atoms with E-state index in [-0.39, 0.29) is 17.3 Å². The van der Waals surface area contributed by atoms with E-state index in [0.717, 1.165) is 18.7 Å². The Morgan fingerprint density at radius 1 is 0.929 bits per heavy atom. The number of amides is 1. The number of hydrogen-bond acceptors (Lipinski definition) is 3. The third-order valence-corrected chi connectivity index (χ3v) is 6.80. The Balaban J connectivity index is 1.40. The van der Waals surface area contributed by atoms with Crippen LogP contribution in [-0.4, -0.2) is 24.2 Å². The fourth-order valence-corrected chi connectivity index (χ4v) is 4.99. The maximum Gasteiger partial charge on any atom is 0.238 e. The number of carbonyl (C=O) groups excluding carboxylic acids is 1. The summed E-state index contributed by atoms with van der Waals surface area (Å²) in [5.74, 6) is 1.01. The molecule has 28 heavy (non-hydrogen) atoms. The topological polar surface area (TPSA) is 41.1 Å². The number of nitrogens with one attached hydrogen (secondary N) is 2. The van der Waals surface area contributed by atoms with Gasteiger partial charge in [-0.2, -0.15) is 0 Å². The second-order valence-corrected chi connectivity index (χ2v) is 9.16. The van der Waals surface area contributed by atoms with Crippen molar-refractivity contribution in [1.29, 1.82) is 0 Å². The van der Waals surface area contributed by atoms with Crippen molar-refractivity contribution in [3.8, 4) is 0 Å². The summed E-state index contributed by atoms with van der Waals surface area (Å²) < 4.78 is 0. The smallest absolute Gasteiger partial charge is 0.238 e. The lowest BCUT2D eigenvalue weighted by atomic mass is 10.1. The van der Waals surface area contributed by atoms with Gasteiger partial charge in [0.05, 0.1) is 11.4 Å². The van der Waals surface area contributed by atoms with Gasteiger partial charge >= 0.3 is 0 Å². The van der Waals surface area contributed by atoms with E-state index in [9.17, 15) is 4.79 Å². The van der Waals surface area contributed by atoms with Crippen LogP contribution in [0.15, 0.2) is 30.3 Å². The van der Waals surface area contributed by atoms with Crippen LogP contribution in [0.5, 0.6) is 0 Å². The van der Waals surface area contributed by atoms with Crippen LogP contribution in [0.3, 0.4) is 0 Å². The Kier molecular flexibility index (Phi) is 12.4. The Hall–Kier alpha value is -1.00. The van der Waals surface area contributed by atoms with Gasteiger partial charge in [0.1, 0.15) is 0 Å². The number of benzene rings is 1. The zero-order valence-electron chi connectivity index (χ0n) is 17.8. The molecule has 158 valence electrons. The molecule has 0 bridgehead atoms. The highest BCUT2D eigenvalue weighted by atomic mass is 32.2. The molecule has 2 rings (SSSR count). The van der Waals surface area contributed by atoms with Crippen LogP contribution < -0.4 is 10.6 Å². The molecule has 4 heteroatoms. The van der Waals surface area contributed by atoms with Gasteiger partial charge in [-0.05, 0) is 12.0 Å². The van der Waals surface area contributed by atoms with Crippen molar-refractivity contribution >= 4 is 17.7 Å². The summed E-state index contributed by atoms with van der Waals surface area (Å²) in [5.41, 5.74) is 1.25. The number of carbonyl (C=O) groups is 1. The molecule has 0 saturated carbocycles. The highest BCUT2D eigenvalue weighted by Crippen LogP contribution is 2.32. The Morgan fingerprint density at radius 2 is 1.50 bits per heavy atom. The zero-order valence-corrected chi connectivity index (χ0v) is 18.6. The third kappa shape index (κ3) is 9.47. The summed E-state index contributed by atoms with van der Waals surface area (Å²) in [6.07, 6.45) is 16.2. The summed E-state index contributed by atoms with van der Waals surface area (Å²) in [4.78, 5) is 12.3. The van der Waals surface area contributed by atoms with Crippen LogP contribution in [0.1, 0.15) is 94.9 Å². The molecule has 1 aromatic carbocycles. The number of hydrogen-bond donors (Lipinski definition) is 2. The van der Waals surface area contributed by atoms with Gasteiger partial charge in [0.15, 0.2) is 0 Å². The molecule has 2 atom stereocenters. The van der Waals surface area contributed by atoms with E-state index in [1.807, 2.05) is 17.8 Å². The van der Waals surface area contributed by atoms with E-state index in [1.165, 1.54) is 76.2 Å². The first-order valence-electron chi connectivity index (χ1n) is 11.5. The van der Waals surface area contributed by atoms with Crippen molar-refractivity contribution in [2.45, 2.75) is 95.4 Å². The normalized spacial score (nSPS) is 19.0. The fourth-order valence-electron chi connectivity index (χ4n) is 3.74. The van der Waals surface area contributed by atoms with E-state index in [4.69, 9.17) is 0 Å². The van der Waals surface area contributed by atoms with Crippen LogP contribution in [0.25, 0.3) is 0 Å². The summed E-state index contributed by atoms with van der Waals surface area (Å²) in [7, 11) is 0. The van der Waals surface area contributed by atoms with E-state index in [1.54, 1.807) is 0 Å². The number of rotatable bonds is 15. The Morgan fingerprint density at radius 3 is 2.11 bits per heavy atom. The molecule has 1 heterocycles. The molecular formula is C24H40N2OS. The first kappa shape index (κ1) is 23.3. The van der Waals surface area contributed by atoms with Crippen LogP contribution >= 0.6 is 11.8 Å². The van der Waals surface area contributed by atoms with Crippen LogP contribution in [0, 0.1) is 0 Å². The van der Waals surface area contributed by atoms with Crippen LogP contribution in [0.2, 0.25) is 0 Å². The zero-order chi connectivity index (χ0) is 19.9. The molecule has 0 aliphatic carbocycles. The summed E-state index contributed by atoms with van der Waals surface area (Å²) in [6, 6.07) is 10.3. The quantitative estimate of drug-likeness (QED) is 0.342. The first-order valence-corrected chi connectivity index (χ1v) is 12.6. The van der Waals surface area contributed by atoms with Crippen molar-refractivity contribution in [3.63, 3.8) is 0 Å². The summed E-state index contributed by atoms with van der Waals surface area (Å²) in [6.45, 7) is 3.09. The molecular weight excluding hydrogens is 364 g/mol. The van der Waals surface area contributed by atoms with Crippen molar-refractivity contribution in [3.05, 3.63) is 35.9 Å². The molecule has 0 spiro atoms. The molecule has 2 N–H and O–H groups in total. The minimum atomic E-state index is -0.0625. The first-order chi connectivity index (χ1) is 13.8. The molecule has 0 radical (unpaired) electrons. The van der Waals surface area contributed by atoms with E-state index in [0.29, 0.717) is 0 Å². The lowest BCUT2D eigenvalue weighted by Crippen LogP contribution is -2.42. The largest absolute Gasteiger partial charge is 0.355 e. The minimum Gasteiger partial charge on any atom is -0.355 e. The molecule has 1 unspecified atom stereocenters. The average molecular weight is 405 g/mol. The highest BCUT2D eigenvalue weighted by molar-refractivity contribution is 7.99. The van der Waals surface area contributed by atoms with Gasteiger partial charge < -0.3 is 5.32 Å². The van der Waals surface area contributed by atoms with Crippen LogP contribution in [-0.2, 0) is 4.79 Å². The summed E-state index contributed by atoms with van der Waals surface area (Å²) in [5, 5.41) is 6.81. The molecule has 1 amide bonds. The van der Waals surface area contributed by atoms with Crippen molar-refractivity contribution in [1.82, 2.24) is 10.6 Å². The van der Waals surface area contributed by atoms with Gasteiger partial charge in [-0.1, -0.05) is 108 Å². The molecule has 1 aromatic rings. The van der Waals surface area contributed by atoms with Crippen LogP contribution in [0.4, 0.5) is 0 Å². The van der Waals surface area contributed by atoms with Crippen molar-refractivity contribution in [2.75, 3.05) is 12.3 Å². The van der Waals surface area contributed by atoms with Gasteiger partial charge in [-0.15, -0.1) is 11.8 Å². The second-order valence-electron chi connectivity index (χ2n) is 8.02. The third-order valence-electron chi connectivity index (χ3n) is 5.53. The Bertz CT molecular complexity index is 523. The average Bonchev–Trinajstić information content (AvgIpc) is 3.22. The minimum absolute atomic E-state index is 0.0625. The van der Waals surface area contributed by atoms with Gasteiger partial charge in [0, 0.05) is 12.3 Å². The highest BCUT2D eigenvalue weighted by Gasteiger charge is 2.30. The fraction of sp³-hybridized carbons (Fsp3) is 0.708. The Labute approximate surface area is 176 Å². The second kappa shape index (κ2) is 14.9. The van der Waals surface area contributed by atoms with Gasteiger partial charge in [-0.3, -0.25) is 10.1 Å². The van der Waals surface area contributed by atoms with Gasteiger partial charge in [-0.25, -0.2) is 0 Å². The van der Waals surface area contributed by atoms with Gasteiger partial charge in [0.25, 0.3) is 0 Å². The molecule has 1 saturated heterocycles. The van der Waals surface area contributed by atoms with E-state index in [2.05, 4.69) is 41.8 Å². The van der Waals surface area contributed by atoms with E-state index < -0.39 is 0 Å². The molecule has 3 nitrogen and oxygen atoms in total. The number of unbranched alkanes of at least 4 members (excludes halogenated alkanes) is 11. The predicted molar refractivity (Wildman–Crippen MR) is 123 cm³/mol. The lowest BCUT2D eigenvalue weighted by Gasteiger charge is -2.13. The lowest BCUT2D eigenvalue weighted by molar-refractivity contribution is -0.122. The van der Waals surface area contributed by atoms with Crippen molar-refractivity contribution < 1.29 is 4.79 Å². The molecule has 0 aromatic heterocycles. The molecule has 1 aliphatic rings. The maximum atomic E-state index is 12.3. The van der Waals surface area contributed by atoms with Gasteiger partial charge in [0.2, 0.25) is 5.91 Å². The molecule has 1 aliphatic heterocycles. The number of thioether (sulfide) groups is 1. The van der Waals surface area contributed by atoms with Crippen molar-refractivity contribution in [2.24, 2.45) is 0 Å². The monoisotopic (exact) mass is 404 g/mol. The van der Waals surface area contributed by atoms with E-state index >= 15 is 0 Å². The standard InChI is InChI=1S/C24H40N2OS/c1-2-3-4-5-6-7-8-9-10-11-12-16-19-25-23(27)22-20-28-24(26-22)21-17-14-13-15-18-21/h13-15,17-18,22,24,26H,2-12,16,19-20H2,1H3,(H,25,27)/t22-,24?/m0/s1. The molecule has 1 fully saturated rings. The maximum absolute atomic E-state index is 12.3. The summed E-state index contributed by atoms with van der Waals surface area (Å²) >= 11 is 1.82.